The van der Waals surface area contributed by atoms with Gasteiger partial charge in [0.25, 0.3) is 0 Å². The lowest BCUT2D eigenvalue weighted by atomic mass is 10.2. The minimum atomic E-state index is -0.751. The zero-order valence-electron chi connectivity index (χ0n) is 11.6. The van der Waals surface area contributed by atoms with Crippen LogP contribution in [-0.2, 0) is 16.0 Å². The second-order valence-corrected chi connectivity index (χ2v) is 4.17. The highest BCUT2D eigenvalue weighted by Crippen LogP contribution is 2.12. The first-order chi connectivity index (χ1) is 10.1. The molecule has 0 fully saturated rings. The summed E-state index contributed by atoms with van der Waals surface area (Å²) in [6, 6.07) is 7.03. The molecule has 2 rings (SSSR count). The van der Waals surface area contributed by atoms with Crippen molar-refractivity contribution in [2.24, 2.45) is 0 Å². The first-order valence-corrected chi connectivity index (χ1v) is 6.01. The average molecular weight is 290 g/mol. The molecule has 0 aliphatic heterocycles. The zero-order chi connectivity index (χ0) is 15.4. The Morgan fingerprint density at radius 3 is 2.33 bits per heavy atom. The lowest BCUT2D eigenvalue weighted by molar-refractivity contribution is 0.0544. The standard InChI is InChI=1S/C13H14N4O4/c1-20-12(18)10-11(13(19)21-2)17(16-15-10)7-8-3-5-9(14)6-4-8/h3-6H,7,14H2,1-2H3. The number of esters is 2. The molecule has 8 heteroatoms. The molecule has 1 aromatic heterocycles. The van der Waals surface area contributed by atoms with E-state index in [0.29, 0.717) is 5.69 Å². The van der Waals surface area contributed by atoms with Gasteiger partial charge in [-0.25, -0.2) is 14.3 Å². The summed E-state index contributed by atoms with van der Waals surface area (Å²) in [7, 11) is 2.41. The number of methoxy groups -OCH3 is 2. The van der Waals surface area contributed by atoms with Crippen molar-refractivity contribution in [3.63, 3.8) is 0 Å². The minimum absolute atomic E-state index is 0.0545. The van der Waals surface area contributed by atoms with Crippen LogP contribution >= 0.6 is 0 Å². The monoisotopic (exact) mass is 290 g/mol. The number of carbonyl (C=O) groups excluding carboxylic acids is 2. The van der Waals surface area contributed by atoms with Crippen LogP contribution in [-0.4, -0.2) is 41.2 Å². The van der Waals surface area contributed by atoms with Gasteiger partial charge in [-0.2, -0.15) is 0 Å². The molecule has 0 atom stereocenters. The Labute approximate surface area is 120 Å². The van der Waals surface area contributed by atoms with E-state index >= 15 is 0 Å². The van der Waals surface area contributed by atoms with Crippen LogP contribution in [0.5, 0.6) is 0 Å². The number of ether oxygens (including phenoxy) is 2. The summed E-state index contributed by atoms with van der Waals surface area (Å²) < 4.78 is 10.5. The number of nitrogen functional groups attached to an aromatic ring is 1. The summed E-state index contributed by atoms with van der Waals surface area (Å²) >= 11 is 0. The molecule has 0 aliphatic rings. The molecule has 8 nitrogen and oxygen atoms in total. The number of carbonyl (C=O) groups is 2. The first-order valence-electron chi connectivity index (χ1n) is 6.01. The third-order valence-electron chi connectivity index (χ3n) is 2.80. The highest BCUT2D eigenvalue weighted by molar-refractivity contribution is 6.00. The molecule has 21 heavy (non-hydrogen) atoms. The maximum Gasteiger partial charge on any atom is 0.361 e. The SMILES string of the molecule is COC(=O)c1nnn(Cc2ccc(N)cc2)c1C(=O)OC. The summed E-state index contributed by atoms with van der Waals surface area (Å²) in [4.78, 5) is 23.4. The van der Waals surface area contributed by atoms with E-state index in [0.717, 1.165) is 5.56 Å². The highest BCUT2D eigenvalue weighted by Gasteiger charge is 2.26. The molecule has 0 bridgehead atoms. The number of nitrogens with zero attached hydrogens (tertiary/aromatic N) is 3. The number of anilines is 1. The van der Waals surface area contributed by atoms with Gasteiger partial charge in [0.15, 0.2) is 5.69 Å². The van der Waals surface area contributed by atoms with E-state index < -0.39 is 11.9 Å². The third kappa shape index (κ3) is 2.99. The number of benzene rings is 1. The topological polar surface area (TPSA) is 109 Å². The Morgan fingerprint density at radius 2 is 1.76 bits per heavy atom. The maximum atomic E-state index is 11.8. The van der Waals surface area contributed by atoms with E-state index in [2.05, 4.69) is 19.8 Å². The number of hydrogen-bond acceptors (Lipinski definition) is 7. The predicted molar refractivity (Wildman–Crippen MR) is 72.7 cm³/mol. The fraction of sp³-hybridized carbons (Fsp3) is 0.231. The van der Waals surface area contributed by atoms with Crippen molar-refractivity contribution in [1.82, 2.24) is 15.0 Å². The fourth-order valence-electron chi connectivity index (χ4n) is 1.75. The number of hydrogen-bond donors (Lipinski definition) is 1. The Balaban J connectivity index is 2.39. The van der Waals surface area contributed by atoms with Crippen LogP contribution < -0.4 is 5.73 Å². The lowest BCUT2D eigenvalue weighted by Crippen LogP contribution is -2.17. The van der Waals surface area contributed by atoms with Crippen LogP contribution in [0.4, 0.5) is 5.69 Å². The number of nitrogens with two attached hydrogens (primary N) is 1. The predicted octanol–water partition coefficient (Wildman–Crippen LogP) is 0.482. The fourth-order valence-corrected chi connectivity index (χ4v) is 1.75. The molecule has 2 aromatic rings. The van der Waals surface area contributed by atoms with E-state index in [1.807, 2.05) is 0 Å². The van der Waals surface area contributed by atoms with E-state index in [1.165, 1.54) is 18.9 Å². The molecule has 2 N–H and O–H groups in total. The number of rotatable bonds is 4. The van der Waals surface area contributed by atoms with Gasteiger partial charge in [0.1, 0.15) is 0 Å². The van der Waals surface area contributed by atoms with Crippen molar-refractivity contribution < 1.29 is 19.1 Å². The molecule has 1 heterocycles. The quantitative estimate of drug-likeness (QED) is 0.644. The van der Waals surface area contributed by atoms with Gasteiger partial charge in [0.05, 0.1) is 20.8 Å². The molecular formula is C13H14N4O4. The molecule has 0 saturated carbocycles. The summed E-state index contributed by atoms with van der Waals surface area (Å²) in [6.07, 6.45) is 0. The van der Waals surface area contributed by atoms with Gasteiger partial charge in [-0.3, -0.25) is 0 Å². The minimum Gasteiger partial charge on any atom is -0.464 e. The summed E-state index contributed by atoms with van der Waals surface area (Å²) in [5, 5.41) is 7.49. The summed E-state index contributed by atoms with van der Waals surface area (Å²) in [5.74, 6) is -1.46. The zero-order valence-corrected chi connectivity index (χ0v) is 11.6. The summed E-state index contributed by atoms with van der Waals surface area (Å²) in [5.41, 5.74) is 6.85. The van der Waals surface area contributed by atoms with Crippen molar-refractivity contribution in [3.8, 4) is 0 Å². The molecule has 0 spiro atoms. The third-order valence-corrected chi connectivity index (χ3v) is 2.80. The molecule has 0 saturated heterocycles. The molecule has 110 valence electrons. The molecule has 1 aromatic carbocycles. The molecular weight excluding hydrogens is 276 g/mol. The van der Waals surface area contributed by atoms with Gasteiger partial charge in [-0.1, -0.05) is 17.3 Å². The summed E-state index contributed by atoms with van der Waals surface area (Å²) in [6.45, 7) is 0.245. The average Bonchev–Trinajstić information content (AvgIpc) is 2.91. The van der Waals surface area contributed by atoms with Crippen molar-refractivity contribution in [2.45, 2.75) is 6.54 Å². The highest BCUT2D eigenvalue weighted by atomic mass is 16.5. The smallest absolute Gasteiger partial charge is 0.361 e. The van der Waals surface area contributed by atoms with Gasteiger partial charge in [-0.05, 0) is 17.7 Å². The lowest BCUT2D eigenvalue weighted by Gasteiger charge is -2.06. The normalized spacial score (nSPS) is 10.2. The van der Waals surface area contributed by atoms with Crippen LogP contribution in [0.15, 0.2) is 24.3 Å². The molecule has 0 radical (unpaired) electrons. The Hall–Kier alpha value is -2.90. The number of aromatic nitrogens is 3. The van der Waals surface area contributed by atoms with Crippen LogP contribution in [0.3, 0.4) is 0 Å². The van der Waals surface area contributed by atoms with Crippen molar-refractivity contribution in [3.05, 3.63) is 41.2 Å². The van der Waals surface area contributed by atoms with E-state index in [9.17, 15) is 9.59 Å². The second kappa shape index (κ2) is 6.04. The van der Waals surface area contributed by atoms with Crippen LogP contribution in [0.25, 0.3) is 0 Å². The van der Waals surface area contributed by atoms with E-state index in [1.54, 1.807) is 24.3 Å². The Bertz CT molecular complexity index is 663. The first kappa shape index (κ1) is 14.5. The van der Waals surface area contributed by atoms with E-state index in [-0.39, 0.29) is 17.9 Å². The Kier molecular flexibility index (Phi) is 4.17. The molecule has 0 amide bonds. The Morgan fingerprint density at radius 1 is 1.14 bits per heavy atom. The van der Waals surface area contributed by atoms with Gasteiger partial charge < -0.3 is 15.2 Å². The van der Waals surface area contributed by atoms with Gasteiger partial charge in [-0.15, -0.1) is 5.10 Å². The van der Waals surface area contributed by atoms with Crippen molar-refractivity contribution >= 4 is 17.6 Å². The molecule has 0 aliphatic carbocycles. The molecule has 0 unspecified atom stereocenters. The van der Waals surface area contributed by atoms with Gasteiger partial charge in [0.2, 0.25) is 5.69 Å². The van der Waals surface area contributed by atoms with Crippen LogP contribution in [0.2, 0.25) is 0 Å². The van der Waals surface area contributed by atoms with E-state index in [4.69, 9.17) is 5.73 Å². The van der Waals surface area contributed by atoms with Gasteiger partial charge >= 0.3 is 11.9 Å². The largest absolute Gasteiger partial charge is 0.464 e. The second-order valence-electron chi connectivity index (χ2n) is 4.17. The van der Waals surface area contributed by atoms with Crippen molar-refractivity contribution in [2.75, 3.05) is 20.0 Å². The van der Waals surface area contributed by atoms with Crippen LogP contribution in [0, 0.1) is 0 Å². The maximum absolute atomic E-state index is 11.8. The van der Waals surface area contributed by atoms with Crippen LogP contribution in [0.1, 0.15) is 26.5 Å². The van der Waals surface area contributed by atoms with Crippen molar-refractivity contribution in [1.29, 1.82) is 0 Å². The van der Waals surface area contributed by atoms with Gasteiger partial charge in [0, 0.05) is 5.69 Å².